The molecule has 0 unspecified atom stereocenters. The van der Waals surface area contributed by atoms with Gasteiger partial charge in [0.05, 0.1) is 49.8 Å². The molecule has 9 nitrogen and oxygen atoms in total. The van der Waals surface area contributed by atoms with Crippen LogP contribution in [0, 0.1) is 11.8 Å². The summed E-state index contributed by atoms with van der Waals surface area (Å²) in [6, 6.07) is 36.6. The summed E-state index contributed by atoms with van der Waals surface area (Å²) in [7, 11) is 0. The van der Waals surface area contributed by atoms with E-state index in [1.807, 2.05) is 91.0 Å². The summed E-state index contributed by atoms with van der Waals surface area (Å²) in [6.45, 7) is 0.418. The van der Waals surface area contributed by atoms with Crippen LogP contribution in [0.3, 0.4) is 0 Å². The van der Waals surface area contributed by atoms with Crippen molar-refractivity contribution in [3.8, 4) is 0 Å². The SMILES string of the molecule is O=C(O[C@H]1[C@@H](O)[C@@H]2[C@@H](O)[C@H](OCc3ccccc3)[C@@H](OCc3ccccc3)[C@H](OCc3ccccc3)[C@H]2[C@H](O)[C@@H]1O)c1ccccc1. The lowest BCUT2D eigenvalue weighted by Gasteiger charge is -2.56. The number of esters is 1. The maximum absolute atomic E-state index is 13.0. The minimum atomic E-state index is -1.68. The molecule has 0 spiro atoms. The lowest BCUT2D eigenvalue weighted by molar-refractivity contribution is -0.294. The highest BCUT2D eigenvalue weighted by molar-refractivity contribution is 5.89. The van der Waals surface area contributed by atoms with Gasteiger partial charge in [0.2, 0.25) is 0 Å². The Hall–Kier alpha value is -3.93. The van der Waals surface area contributed by atoms with Gasteiger partial charge in [-0.2, -0.15) is 0 Å². The zero-order valence-corrected chi connectivity index (χ0v) is 25.8. The Bertz CT molecular complexity index is 1540. The Morgan fingerprint density at radius 2 is 0.851 bits per heavy atom. The van der Waals surface area contributed by atoms with Crippen LogP contribution in [0.4, 0.5) is 0 Å². The Labute approximate surface area is 273 Å². The van der Waals surface area contributed by atoms with E-state index in [2.05, 4.69) is 0 Å². The number of benzene rings is 4. The highest BCUT2D eigenvalue weighted by Gasteiger charge is 2.63. The molecule has 0 heterocycles. The number of aliphatic hydroxyl groups is 4. The van der Waals surface area contributed by atoms with Gasteiger partial charge in [0.1, 0.15) is 18.3 Å². The van der Waals surface area contributed by atoms with Crippen LogP contribution in [0.2, 0.25) is 0 Å². The van der Waals surface area contributed by atoms with Crippen molar-refractivity contribution in [2.75, 3.05) is 0 Å². The molecule has 246 valence electrons. The van der Waals surface area contributed by atoms with E-state index in [1.165, 1.54) is 0 Å². The second-order valence-electron chi connectivity index (χ2n) is 12.1. The second-order valence-corrected chi connectivity index (χ2v) is 12.1. The van der Waals surface area contributed by atoms with Crippen LogP contribution in [-0.2, 0) is 38.8 Å². The van der Waals surface area contributed by atoms with Crippen molar-refractivity contribution in [2.45, 2.75) is 68.7 Å². The van der Waals surface area contributed by atoms with Gasteiger partial charge in [-0.1, -0.05) is 109 Å². The molecular weight excluding hydrogens is 600 g/mol. The molecule has 0 bridgehead atoms. The molecule has 0 aromatic heterocycles. The van der Waals surface area contributed by atoms with Crippen LogP contribution in [0.15, 0.2) is 121 Å². The van der Waals surface area contributed by atoms with Crippen molar-refractivity contribution in [2.24, 2.45) is 11.8 Å². The van der Waals surface area contributed by atoms with E-state index < -0.39 is 66.6 Å². The van der Waals surface area contributed by atoms with Gasteiger partial charge in [-0.05, 0) is 28.8 Å². The zero-order valence-electron chi connectivity index (χ0n) is 25.8. The first-order valence-electron chi connectivity index (χ1n) is 15.9. The first kappa shape index (κ1) is 33.0. The summed E-state index contributed by atoms with van der Waals surface area (Å²) in [4.78, 5) is 13.0. The van der Waals surface area contributed by atoms with Crippen molar-refractivity contribution >= 4 is 5.97 Å². The minimum absolute atomic E-state index is 0.129. The van der Waals surface area contributed by atoms with Crippen LogP contribution in [0.5, 0.6) is 0 Å². The van der Waals surface area contributed by atoms with Gasteiger partial charge in [0.25, 0.3) is 0 Å². The Morgan fingerprint density at radius 1 is 0.447 bits per heavy atom. The molecule has 2 saturated carbocycles. The predicted molar refractivity (Wildman–Crippen MR) is 172 cm³/mol. The standard InChI is InChI=1S/C38H40O9/c39-30-29-28(31(40)35(33(30)42)47-38(43)27-19-11-4-12-20-27)32(41)36(45-22-25-15-7-2-8-16-25)37(46-23-26-17-9-3-10-18-26)34(29)44-21-24-13-5-1-6-14-24/h1-20,28-37,39-42H,21-23H2/t28-,29-,30+,31+,32-,33+,34-,35+,36+,37+/m1/s1. The minimum Gasteiger partial charge on any atom is -0.453 e. The average Bonchev–Trinajstić information content (AvgIpc) is 3.12. The number of hydrogen-bond donors (Lipinski definition) is 4. The van der Waals surface area contributed by atoms with Crippen LogP contribution < -0.4 is 0 Å². The molecule has 47 heavy (non-hydrogen) atoms. The van der Waals surface area contributed by atoms with Crippen molar-refractivity contribution in [1.82, 2.24) is 0 Å². The fraction of sp³-hybridized carbons (Fsp3) is 0.342. The summed E-state index contributed by atoms with van der Waals surface area (Å²) in [5.41, 5.74) is 2.82. The average molecular weight is 641 g/mol. The fourth-order valence-corrected chi connectivity index (χ4v) is 6.76. The third kappa shape index (κ3) is 7.47. The molecule has 2 aliphatic carbocycles. The highest BCUT2D eigenvalue weighted by atomic mass is 16.6. The Kier molecular flexibility index (Phi) is 10.7. The predicted octanol–water partition coefficient (Wildman–Crippen LogP) is 3.67. The van der Waals surface area contributed by atoms with E-state index >= 15 is 0 Å². The van der Waals surface area contributed by atoms with Crippen LogP contribution in [0.25, 0.3) is 0 Å². The van der Waals surface area contributed by atoms with Gasteiger partial charge in [-0.25, -0.2) is 4.79 Å². The molecule has 9 heteroatoms. The zero-order chi connectivity index (χ0) is 32.8. The van der Waals surface area contributed by atoms with Gasteiger partial charge in [-0.15, -0.1) is 0 Å². The summed E-state index contributed by atoms with van der Waals surface area (Å²) in [6.07, 6.45) is -10.6. The molecule has 4 aromatic carbocycles. The van der Waals surface area contributed by atoms with Gasteiger partial charge in [-0.3, -0.25) is 0 Å². The summed E-state index contributed by atoms with van der Waals surface area (Å²) in [5.74, 6) is -2.90. The number of carbonyl (C=O) groups is 1. The molecule has 0 amide bonds. The molecule has 4 N–H and O–H groups in total. The number of carbonyl (C=O) groups excluding carboxylic acids is 1. The monoisotopic (exact) mass is 640 g/mol. The maximum Gasteiger partial charge on any atom is 0.338 e. The molecule has 4 aromatic rings. The molecule has 0 saturated heterocycles. The van der Waals surface area contributed by atoms with E-state index in [-0.39, 0.29) is 25.4 Å². The molecule has 10 atom stereocenters. The number of aliphatic hydroxyl groups excluding tert-OH is 4. The van der Waals surface area contributed by atoms with E-state index in [1.54, 1.807) is 30.3 Å². The smallest absolute Gasteiger partial charge is 0.338 e. The normalized spacial score (nSPS) is 30.3. The third-order valence-corrected chi connectivity index (χ3v) is 9.12. The van der Waals surface area contributed by atoms with Gasteiger partial charge < -0.3 is 39.4 Å². The van der Waals surface area contributed by atoms with Crippen molar-refractivity contribution in [3.63, 3.8) is 0 Å². The van der Waals surface area contributed by atoms with Crippen LogP contribution in [0.1, 0.15) is 27.0 Å². The molecule has 6 rings (SSSR count). The molecule has 2 aliphatic rings. The third-order valence-electron chi connectivity index (χ3n) is 9.12. The summed E-state index contributed by atoms with van der Waals surface area (Å²) in [5, 5.41) is 46.8. The van der Waals surface area contributed by atoms with Crippen LogP contribution >= 0.6 is 0 Å². The molecule has 0 radical (unpaired) electrons. The summed E-state index contributed by atoms with van der Waals surface area (Å²) < 4.78 is 25.0. The first-order valence-corrected chi connectivity index (χ1v) is 15.9. The second kappa shape index (κ2) is 15.3. The van der Waals surface area contributed by atoms with Crippen molar-refractivity contribution in [3.05, 3.63) is 144 Å². The topological polar surface area (TPSA) is 135 Å². The van der Waals surface area contributed by atoms with Crippen LogP contribution in [-0.4, -0.2) is 75.2 Å². The lowest BCUT2D eigenvalue weighted by Crippen LogP contribution is -2.72. The maximum atomic E-state index is 13.0. The van der Waals surface area contributed by atoms with Gasteiger partial charge >= 0.3 is 5.97 Å². The highest BCUT2D eigenvalue weighted by Crippen LogP contribution is 2.46. The van der Waals surface area contributed by atoms with Gasteiger partial charge in [0, 0.05) is 11.8 Å². The fourth-order valence-electron chi connectivity index (χ4n) is 6.76. The number of ether oxygens (including phenoxy) is 4. The lowest BCUT2D eigenvalue weighted by atomic mass is 9.61. The number of fused-ring (bicyclic) bond motifs is 1. The van der Waals surface area contributed by atoms with E-state index in [0.717, 1.165) is 16.7 Å². The largest absolute Gasteiger partial charge is 0.453 e. The van der Waals surface area contributed by atoms with E-state index in [9.17, 15) is 25.2 Å². The van der Waals surface area contributed by atoms with Crippen molar-refractivity contribution in [1.29, 1.82) is 0 Å². The van der Waals surface area contributed by atoms with E-state index in [4.69, 9.17) is 18.9 Å². The number of hydrogen-bond acceptors (Lipinski definition) is 9. The quantitative estimate of drug-likeness (QED) is 0.181. The summed E-state index contributed by atoms with van der Waals surface area (Å²) >= 11 is 0. The van der Waals surface area contributed by atoms with E-state index in [0.29, 0.717) is 0 Å². The van der Waals surface area contributed by atoms with Crippen molar-refractivity contribution < 1.29 is 44.2 Å². The first-order chi connectivity index (χ1) is 22.9. The Balaban J connectivity index is 1.34. The molecular formula is C38H40O9. The Morgan fingerprint density at radius 3 is 1.34 bits per heavy atom. The van der Waals surface area contributed by atoms with Gasteiger partial charge in [0.15, 0.2) is 6.10 Å². The molecule has 0 aliphatic heterocycles. The molecule has 2 fully saturated rings. The number of rotatable bonds is 11.